The number of aromatic nitrogens is 3. The number of imidazole rings is 1. The summed E-state index contributed by atoms with van der Waals surface area (Å²) in [5, 5.41) is 3.23. The molecule has 0 saturated carbocycles. The van der Waals surface area contributed by atoms with E-state index in [9.17, 15) is 9.18 Å². The predicted molar refractivity (Wildman–Crippen MR) is 123 cm³/mol. The van der Waals surface area contributed by atoms with Crippen LogP contribution in [0.3, 0.4) is 0 Å². The average molecular weight is 432 g/mol. The Balaban J connectivity index is 1.53. The lowest BCUT2D eigenvalue weighted by molar-refractivity contribution is 0.412. The molecular formula is C25H25FN4O2. The van der Waals surface area contributed by atoms with Crippen molar-refractivity contribution < 1.29 is 9.13 Å². The second-order valence-electron chi connectivity index (χ2n) is 7.64. The standard InChI is InChI=1S/C25H25FN4O2/c1-17-15-29(16-28-17)23-11-6-19(13-24(23)32-3)14-27-22-5-4-12-30(25(22)31)18(2)20-7-9-21(26)10-8-20/h4-13,15-16,18,27H,14H2,1-3H3/t18-/m0/s1. The SMILES string of the molecule is COc1cc(CNc2cccn([C@@H](C)c3ccc(F)cc3)c2=O)ccc1-n1cnc(C)c1. The molecule has 1 atom stereocenters. The zero-order chi connectivity index (χ0) is 22.7. The van der Waals surface area contributed by atoms with Gasteiger partial charge in [-0.25, -0.2) is 9.37 Å². The molecule has 0 amide bonds. The summed E-state index contributed by atoms with van der Waals surface area (Å²) in [5.41, 5.74) is 4.01. The molecule has 4 rings (SSSR count). The quantitative estimate of drug-likeness (QED) is 0.459. The van der Waals surface area contributed by atoms with Crippen molar-refractivity contribution in [2.45, 2.75) is 26.4 Å². The van der Waals surface area contributed by atoms with Gasteiger partial charge in [0.15, 0.2) is 0 Å². The van der Waals surface area contributed by atoms with E-state index in [0.29, 0.717) is 12.2 Å². The van der Waals surface area contributed by atoms with Crippen LogP contribution in [0.5, 0.6) is 5.75 Å². The Morgan fingerprint density at radius 3 is 2.62 bits per heavy atom. The minimum Gasteiger partial charge on any atom is -0.495 e. The first kappa shape index (κ1) is 21.4. The third kappa shape index (κ3) is 4.42. The summed E-state index contributed by atoms with van der Waals surface area (Å²) < 4.78 is 22.4. The van der Waals surface area contributed by atoms with Crippen LogP contribution >= 0.6 is 0 Å². The fourth-order valence-corrected chi connectivity index (χ4v) is 3.65. The van der Waals surface area contributed by atoms with Crippen LogP contribution in [0.25, 0.3) is 5.69 Å². The summed E-state index contributed by atoms with van der Waals surface area (Å²) in [5.74, 6) is 0.422. The smallest absolute Gasteiger partial charge is 0.274 e. The lowest BCUT2D eigenvalue weighted by Crippen LogP contribution is -2.25. The molecule has 32 heavy (non-hydrogen) atoms. The Morgan fingerprint density at radius 1 is 1.16 bits per heavy atom. The van der Waals surface area contributed by atoms with E-state index in [1.54, 1.807) is 42.4 Å². The van der Waals surface area contributed by atoms with Crippen molar-refractivity contribution in [1.29, 1.82) is 0 Å². The Bertz CT molecular complexity index is 1280. The third-order valence-corrected chi connectivity index (χ3v) is 5.46. The molecule has 0 fully saturated rings. The lowest BCUT2D eigenvalue weighted by Gasteiger charge is -2.17. The number of anilines is 1. The number of hydrogen-bond acceptors (Lipinski definition) is 4. The van der Waals surface area contributed by atoms with E-state index in [4.69, 9.17) is 4.74 Å². The fourth-order valence-electron chi connectivity index (χ4n) is 3.65. The highest BCUT2D eigenvalue weighted by atomic mass is 19.1. The Kier molecular flexibility index (Phi) is 6.07. The summed E-state index contributed by atoms with van der Waals surface area (Å²) in [7, 11) is 1.63. The third-order valence-electron chi connectivity index (χ3n) is 5.46. The number of aryl methyl sites for hydroxylation is 1. The minimum atomic E-state index is -0.298. The van der Waals surface area contributed by atoms with Crippen molar-refractivity contribution in [3.8, 4) is 11.4 Å². The highest BCUT2D eigenvalue weighted by Gasteiger charge is 2.12. The maximum absolute atomic E-state index is 13.2. The molecule has 0 unspecified atom stereocenters. The summed E-state index contributed by atoms with van der Waals surface area (Å²) in [6.45, 7) is 4.31. The van der Waals surface area contributed by atoms with Crippen molar-refractivity contribution in [2.24, 2.45) is 0 Å². The average Bonchev–Trinajstić information content (AvgIpc) is 3.24. The van der Waals surface area contributed by atoms with Gasteiger partial charge in [0.25, 0.3) is 5.56 Å². The summed E-state index contributed by atoms with van der Waals surface area (Å²) in [6, 6.07) is 15.5. The van der Waals surface area contributed by atoms with E-state index >= 15 is 0 Å². The zero-order valence-corrected chi connectivity index (χ0v) is 18.2. The molecule has 0 aliphatic heterocycles. The number of rotatable bonds is 7. The lowest BCUT2D eigenvalue weighted by atomic mass is 10.1. The molecule has 6 nitrogen and oxygen atoms in total. The Hall–Kier alpha value is -3.87. The monoisotopic (exact) mass is 432 g/mol. The minimum absolute atomic E-state index is 0.137. The molecule has 0 radical (unpaired) electrons. The van der Waals surface area contributed by atoms with Crippen LogP contribution in [-0.4, -0.2) is 21.2 Å². The van der Waals surface area contributed by atoms with Crippen molar-refractivity contribution in [2.75, 3.05) is 12.4 Å². The molecule has 2 heterocycles. The van der Waals surface area contributed by atoms with Gasteiger partial charge in [-0.15, -0.1) is 0 Å². The topological polar surface area (TPSA) is 61.1 Å². The number of pyridine rings is 1. The largest absolute Gasteiger partial charge is 0.495 e. The van der Waals surface area contributed by atoms with E-state index < -0.39 is 0 Å². The molecule has 7 heteroatoms. The van der Waals surface area contributed by atoms with Gasteiger partial charge >= 0.3 is 0 Å². The predicted octanol–water partition coefficient (Wildman–Crippen LogP) is 4.71. The molecular weight excluding hydrogens is 407 g/mol. The van der Waals surface area contributed by atoms with Gasteiger partial charge in [-0.2, -0.15) is 0 Å². The van der Waals surface area contributed by atoms with E-state index in [0.717, 1.165) is 28.3 Å². The number of benzene rings is 2. The Labute approximate surface area is 185 Å². The van der Waals surface area contributed by atoms with Gasteiger partial charge < -0.3 is 19.2 Å². The Morgan fingerprint density at radius 2 is 1.94 bits per heavy atom. The van der Waals surface area contributed by atoms with Crippen LogP contribution in [0.15, 0.2) is 78.1 Å². The van der Waals surface area contributed by atoms with Crippen molar-refractivity contribution in [3.05, 3.63) is 106 Å². The molecule has 4 aromatic rings. The van der Waals surface area contributed by atoms with Crippen LogP contribution in [0.2, 0.25) is 0 Å². The van der Waals surface area contributed by atoms with Crippen LogP contribution in [0, 0.1) is 12.7 Å². The first-order valence-electron chi connectivity index (χ1n) is 10.3. The second-order valence-corrected chi connectivity index (χ2v) is 7.64. The summed E-state index contributed by atoms with van der Waals surface area (Å²) in [4.78, 5) is 17.3. The molecule has 0 spiro atoms. The highest BCUT2D eigenvalue weighted by Crippen LogP contribution is 2.25. The second kappa shape index (κ2) is 9.09. The van der Waals surface area contributed by atoms with Gasteiger partial charge in [0.2, 0.25) is 0 Å². The van der Waals surface area contributed by atoms with Crippen LogP contribution < -0.4 is 15.6 Å². The number of nitrogens with zero attached hydrogens (tertiary/aromatic N) is 3. The van der Waals surface area contributed by atoms with Crippen molar-refractivity contribution in [1.82, 2.24) is 14.1 Å². The highest BCUT2D eigenvalue weighted by molar-refractivity contribution is 5.50. The molecule has 0 aliphatic carbocycles. The number of ether oxygens (including phenoxy) is 1. The molecule has 2 aromatic heterocycles. The molecule has 1 N–H and O–H groups in total. The maximum atomic E-state index is 13.2. The van der Waals surface area contributed by atoms with Crippen LogP contribution in [0.4, 0.5) is 10.1 Å². The van der Waals surface area contributed by atoms with E-state index in [2.05, 4.69) is 10.3 Å². The van der Waals surface area contributed by atoms with Gasteiger partial charge in [0.05, 0.1) is 30.9 Å². The fraction of sp³-hybridized carbons (Fsp3) is 0.200. The number of hydrogen-bond donors (Lipinski definition) is 1. The van der Waals surface area contributed by atoms with E-state index in [-0.39, 0.29) is 17.4 Å². The van der Waals surface area contributed by atoms with Gasteiger partial charge in [0, 0.05) is 18.9 Å². The van der Waals surface area contributed by atoms with Crippen molar-refractivity contribution >= 4 is 5.69 Å². The van der Waals surface area contributed by atoms with Crippen molar-refractivity contribution in [3.63, 3.8) is 0 Å². The van der Waals surface area contributed by atoms with E-state index in [1.807, 2.05) is 48.9 Å². The van der Waals surface area contributed by atoms with Crippen LogP contribution in [-0.2, 0) is 6.54 Å². The maximum Gasteiger partial charge on any atom is 0.274 e. The van der Waals surface area contributed by atoms with Gasteiger partial charge in [-0.1, -0.05) is 18.2 Å². The van der Waals surface area contributed by atoms with Gasteiger partial charge in [0.1, 0.15) is 17.3 Å². The number of halogens is 1. The normalized spacial score (nSPS) is 11.9. The number of methoxy groups -OCH3 is 1. The molecule has 2 aromatic carbocycles. The van der Waals surface area contributed by atoms with Crippen LogP contribution in [0.1, 0.15) is 29.8 Å². The molecule has 164 valence electrons. The number of nitrogens with one attached hydrogen (secondary N) is 1. The van der Waals surface area contributed by atoms with Gasteiger partial charge in [-0.3, -0.25) is 4.79 Å². The molecule has 0 bridgehead atoms. The first-order valence-corrected chi connectivity index (χ1v) is 10.3. The summed E-state index contributed by atoms with van der Waals surface area (Å²) in [6.07, 6.45) is 5.43. The molecule has 0 saturated heterocycles. The van der Waals surface area contributed by atoms with E-state index in [1.165, 1.54) is 12.1 Å². The first-order chi connectivity index (χ1) is 15.5. The molecule has 0 aliphatic rings. The zero-order valence-electron chi connectivity index (χ0n) is 18.2. The summed E-state index contributed by atoms with van der Waals surface area (Å²) >= 11 is 0. The van der Waals surface area contributed by atoms with Gasteiger partial charge in [-0.05, 0) is 61.4 Å².